The normalized spacial score (nSPS) is 23.7. The minimum Gasteiger partial charge on any atom is -0.412 e. The number of rotatable bonds is 12. The first-order valence-corrected chi connectivity index (χ1v) is 17.4. The SMILES string of the molecule is CC(C)(C)[Si](C)(C)O[C@H]1C[C@H](COCc2ccccc2)[C@@H](OCc2ccccc2)[C@H](OCc2ccccc2)[C@H]1N. The van der Waals surface area contributed by atoms with Crippen LogP contribution in [0.3, 0.4) is 0 Å². The second kappa shape index (κ2) is 14.0. The molecule has 1 saturated carbocycles. The van der Waals surface area contributed by atoms with E-state index in [2.05, 4.69) is 70.3 Å². The van der Waals surface area contributed by atoms with Crippen molar-refractivity contribution >= 4 is 8.32 Å². The highest BCUT2D eigenvalue weighted by atomic mass is 28.4. The van der Waals surface area contributed by atoms with Crippen LogP contribution < -0.4 is 5.73 Å². The van der Waals surface area contributed by atoms with Crippen LogP contribution in [0.15, 0.2) is 91.0 Å². The van der Waals surface area contributed by atoms with Crippen molar-refractivity contribution in [2.45, 2.75) is 89.5 Å². The fourth-order valence-corrected chi connectivity index (χ4v) is 6.37. The molecule has 0 aromatic heterocycles. The van der Waals surface area contributed by atoms with Gasteiger partial charge in [-0.05, 0) is 41.2 Å². The van der Waals surface area contributed by atoms with Gasteiger partial charge < -0.3 is 24.4 Å². The van der Waals surface area contributed by atoms with Crippen LogP contribution in [-0.4, -0.2) is 39.3 Å². The fourth-order valence-electron chi connectivity index (χ4n) is 5.01. The van der Waals surface area contributed by atoms with Crippen molar-refractivity contribution in [3.8, 4) is 0 Å². The van der Waals surface area contributed by atoms with Crippen LogP contribution >= 0.6 is 0 Å². The lowest BCUT2D eigenvalue weighted by Crippen LogP contribution is -2.63. The highest BCUT2D eigenvalue weighted by molar-refractivity contribution is 6.74. The first kappa shape index (κ1) is 30.6. The molecule has 6 heteroatoms. The molecular formula is C34H47NO4Si. The minimum atomic E-state index is -2.07. The molecule has 1 aliphatic carbocycles. The average molecular weight is 562 g/mol. The summed E-state index contributed by atoms with van der Waals surface area (Å²) >= 11 is 0. The molecule has 4 rings (SSSR count). The minimum absolute atomic E-state index is 0.0720. The third-order valence-electron chi connectivity index (χ3n) is 8.40. The topological polar surface area (TPSA) is 62.9 Å². The quantitative estimate of drug-likeness (QED) is 0.239. The van der Waals surface area contributed by atoms with Gasteiger partial charge in [-0.2, -0.15) is 0 Å². The van der Waals surface area contributed by atoms with Crippen LogP contribution in [-0.2, 0) is 38.5 Å². The van der Waals surface area contributed by atoms with Crippen LogP contribution in [0.2, 0.25) is 18.1 Å². The van der Waals surface area contributed by atoms with Gasteiger partial charge in [-0.15, -0.1) is 0 Å². The summed E-state index contributed by atoms with van der Waals surface area (Å²) in [6.45, 7) is 13.4. The maximum absolute atomic E-state index is 7.03. The molecule has 1 fully saturated rings. The summed E-state index contributed by atoms with van der Waals surface area (Å²) in [5.41, 5.74) is 10.4. The molecule has 0 amide bonds. The van der Waals surface area contributed by atoms with Gasteiger partial charge in [0.15, 0.2) is 8.32 Å². The number of nitrogens with two attached hydrogens (primary N) is 1. The van der Waals surface area contributed by atoms with E-state index in [-0.39, 0.29) is 35.3 Å². The van der Waals surface area contributed by atoms with Crippen LogP contribution in [0.25, 0.3) is 0 Å². The van der Waals surface area contributed by atoms with E-state index in [0.717, 1.165) is 23.1 Å². The van der Waals surface area contributed by atoms with Gasteiger partial charge in [0.2, 0.25) is 0 Å². The molecule has 0 saturated heterocycles. The Labute approximate surface area is 242 Å². The molecule has 5 nitrogen and oxygen atoms in total. The molecule has 40 heavy (non-hydrogen) atoms. The van der Waals surface area contributed by atoms with Gasteiger partial charge in [-0.3, -0.25) is 0 Å². The Kier molecular flexibility index (Phi) is 10.7. The lowest BCUT2D eigenvalue weighted by Gasteiger charge is -2.49. The summed E-state index contributed by atoms with van der Waals surface area (Å²) in [5.74, 6) is 0.0720. The average Bonchev–Trinajstić information content (AvgIpc) is 2.94. The summed E-state index contributed by atoms with van der Waals surface area (Å²) in [6.07, 6.45) is 0.0721. The molecule has 0 aliphatic heterocycles. The Morgan fingerprint density at radius 1 is 0.700 bits per heavy atom. The molecule has 3 aromatic carbocycles. The highest BCUT2D eigenvalue weighted by Gasteiger charge is 2.49. The van der Waals surface area contributed by atoms with Crippen LogP contribution in [0.1, 0.15) is 43.9 Å². The second-order valence-corrected chi connectivity index (χ2v) is 17.3. The van der Waals surface area contributed by atoms with Crippen molar-refractivity contribution < 1.29 is 18.6 Å². The van der Waals surface area contributed by atoms with Crippen LogP contribution in [0.5, 0.6) is 0 Å². The van der Waals surface area contributed by atoms with Gasteiger partial charge in [-0.25, -0.2) is 0 Å². The van der Waals surface area contributed by atoms with E-state index in [9.17, 15) is 0 Å². The number of ether oxygens (including phenoxy) is 3. The van der Waals surface area contributed by atoms with E-state index in [0.29, 0.717) is 26.4 Å². The molecule has 0 bridgehead atoms. The molecule has 0 spiro atoms. The summed E-state index contributed by atoms with van der Waals surface area (Å²) in [6, 6.07) is 30.5. The highest BCUT2D eigenvalue weighted by Crippen LogP contribution is 2.41. The molecule has 0 heterocycles. The van der Waals surface area contributed by atoms with E-state index in [1.54, 1.807) is 0 Å². The third-order valence-corrected chi connectivity index (χ3v) is 12.9. The smallest absolute Gasteiger partial charge is 0.192 e. The molecule has 0 unspecified atom stereocenters. The van der Waals surface area contributed by atoms with E-state index in [1.807, 2.05) is 54.6 Å². The van der Waals surface area contributed by atoms with Crippen molar-refractivity contribution in [1.82, 2.24) is 0 Å². The van der Waals surface area contributed by atoms with Crippen molar-refractivity contribution in [2.75, 3.05) is 6.61 Å². The Hall–Kier alpha value is -2.32. The van der Waals surface area contributed by atoms with Gasteiger partial charge >= 0.3 is 0 Å². The molecule has 3 aromatic rings. The first-order valence-electron chi connectivity index (χ1n) is 14.5. The van der Waals surface area contributed by atoms with Gasteiger partial charge in [0.25, 0.3) is 0 Å². The fraction of sp³-hybridized carbons (Fsp3) is 0.471. The largest absolute Gasteiger partial charge is 0.412 e. The zero-order valence-electron chi connectivity index (χ0n) is 24.8. The molecule has 2 N–H and O–H groups in total. The lowest BCUT2D eigenvalue weighted by molar-refractivity contribution is -0.167. The summed E-state index contributed by atoms with van der Waals surface area (Å²) in [5, 5.41) is 0.0765. The summed E-state index contributed by atoms with van der Waals surface area (Å²) in [4.78, 5) is 0. The lowest BCUT2D eigenvalue weighted by atomic mass is 9.79. The Morgan fingerprint density at radius 2 is 1.15 bits per heavy atom. The van der Waals surface area contributed by atoms with Crippen LogP contribution in [0, 0.1) is 5.92 Å². The monoisotopic (exact) mass is 561 g/mol. The van der Waals surface area contributed by atoms with E-state index >= 15 is 0 Å². The zero-order chi connectivity index (χ0) is 28.6. The van der Waals surface area contributed by atoms with Crippen molar-refractivity contribution in [3.05, 3.63) is 108 Å². The Bertz CT molecular complexity index is 1140. The first-order chi connectivity index (χ1) is 19.1. The van der Waals surface area contributed by atoms with Gasteiger partial charge in [0.1, 0.15) is 6.10 Å². The van der Waals surface area contributed by atoms with E-state index in [1.165, 1.54) is 0 Å². The number of hydrogen-bond donors (Lipinski definition) is 1. The predicted molar refractivity (Wildman–Crippen MR) is 164 cm³/mol. The van der Waals surface area contributed by atoms with Crippen LogP contribution in [0.4, 0.5) is 0 Å². The van der Waals surface area contributed by atoms with Gasteiger partial charge in [0.05, 0.1) is 44.7 Å². The molecule has 0 radical (unpaired) electrons. The van der Waals surface area contributed by atoms with Crippen molar-refractivity contribution in [3.63, 3.8) is 0 Å². The Balaban J connectivity index is 1.58. The third kappa shape index (κ3) is 8.35. The van der Waals surface area contributed by atoms with Gasteiger partial charge in [0, 0.05) is 5.92 Å². The van der Waals surface area contributed by atoms with Gasteiger partial charge in [-0.1, -0.05) is 112 Å². The van der Waals surface area contributed by atoms with E-state index in [4.69, 9.17) is 24.4 Å². The second-order valence-electron chi connectivity index (χ2n) is 12.5. The summed E-state index contributed by atoms with van der Waals surface area (Å²) in [7, 11) is -2.07. The Morgan fingerprint density at radius 3 is 1.62 bits per heavy atom. The summed E-state index contributed by atoms with van der Waals surface area (Å²) < 4.78 is 26.6. The maximum atomic E-state index is 7.03. The predicted octanol–water partition coefficient (Wildman–Crippen LogP) is 7.11. The maximum Gasteiger partial charge on any atom is 0.192 e. The zero-order valence-corrected chi connectivity index (χ0v) is 25.8. The number of hydrogen-bond acceptors (Lipinski definition) is 5. The standard InChI is InChI=1S/C34H47NO4Si/c1-34(2,3)40(4,5)39-30-21-29(25-36-22-26-15-9-6-10-16-26)32(37-23-27-17-11-7-12-18-27)33(31(30)35)38-24-28-19-13-8-14-20-28/h6-20,29-33H,21-25,35H2,1-5H3/t29-,30+,31+,32-,33-/m1/s1. The number of benzene rings is 3. The van der Waals surface area contributed by atoms with Crippen molar-refractivity contribution in [1.29, 1.82) is 0 Å². The van der Waals surface area contributed by atoms with E-state index < -0.39 is 8.32 Å². The molecular weight excluding hydrogens is 514 g/mol. The van der Waals surface area contributed by atoms with Crippen molar-refractivity contribution in [2.24, 2.45) is 11.7 Å². The molecule has 1 aliphatic rings. The molecule has 216 valence electrons. The molecule has 5 atom stereocenters.